The van der Waals surface area contributed by atoms with Crippen LogP contribution in [0, 0.1) is 0 Å². The quantitative estimate of drug-likeness (QED) is 0.439. The predicted octanol–water partition coefficient (Wildman–Crippen LogP) is 4.59. The lowest BCUT2D eigenvalue weighted by Crippen LogP contribution is -2.11. The lowest BCUT2D eigenvalue weighted by Gasteiger charge is -2.11. The van der Waals surface area contributed by atoms with E-state index in [-0.39, 0.29) is 5.56 Å². The van der Waals surface area contributed by atoms with Crippen LogP contribution in [0.3, 0.4) is 0 Å². The van der Waals surface area contributed by atoms with E-state index >= 15 is 0 Å². The van der Waals surface area contributed by atoms with Crippen LogP contribution in [0.4, 0.5) is 0 Å². The van der Waals surface area contributed by atoms with Crippen molar-refractivity contribution in [2.45, 2.75) is 0 Å². The molecule has 6 rings (SSSR count). The maximum Gasteiger partial charge on any atom is 0.260 e. The molecule has 0 atom stereocenters. The number of benzene rings is 2. The summed E-state index contributed by atoms with van der Waals surface area (Å²) in [6.07, 6.45) is 5.06. The van der Waals surface area contributed by atoms with Gasteiger partial charge in [-0.3, -0.25) is 9.78 Å². The first-order chi connectivity index (χ1) is 15.8. The molecule has 7 nitrogen and oxygen atoms in total. The van der Waals surface area contributed by atoms with Crippen LogP contribution in [0.1, 0.15) is 0 Å². The standard InChI is InChI=1S/C25H16N6O/c32-25-18(23-27-11-12-28-23)14-20-24(31-25)30-21(15-5-2-1-3-6-15)22(29-20)17-8-9-19-16(13-17)7-4-10-26-19/h1-14H,(H,27,28)(H,30,31,32). The van der Waals surface area contributed by atoms with Crippen molar-refractivity contribution in [2.24, 2.45) is 0 Å². The fourth-order valence-corrected chi connectivity index (χ4v) is 3.83. The Bertz CT molecular complexity index is 1640. The number of nitrogens with zero attached hydrogens (tertiary/aromatic N) is 4. The molecule has 0 saturated heterocycles. The molecule has 4 aromatic heterocycles. The molecular weight excluding hydrogens is 400 g/mol. The average Bonchev–Trinajstić information content (AvgIpc) is 3.38. The highest BCUT2D eigenvalue weighted by Gasteiger charge is 2.16. The molecule has 32 heavy (non-hydrogen) atoms. The van der Waals surface area contributed by atoms with Crippen LogP contribution in [0.15, 0.2) is 90.1 Å². The number of aromatic amines is 2. The lowest BCUT2D eigenvalue weighted by molar-refractivity contribution is 1.18. The monoisotopic (exact) mass is 416 g/mol. The van der Waals surface area contributed by atoms with Gasteiger partial charge >= 0.3 is 0 Å². The first-order valence-corrected chi connectivity index (χ1v) is 10.1. The van der Waals surface area contributed by atoms with Crippen LogP contribution >= 0.6 is 0 Å². The number of nitrogens with one attached hydrogen (secondary N) is 2. The largest absolute Gasteiger partial charge is 0.344 e. The van der Waals surface area contributed by atoms with Crippen molar-refractivity contribution in [1.82, 2.24) is 29.9 Å². The fourth-order valence-electron chi connectivity index (χ4n) is 3.83. The third-order valence-electron chi connectivity index (χ3n) is 5.36. The van der Waals surface area contributed by atoms with Gasteiger partial charge in [0.15, 0.2) is 5.65 Å². The Kier molecular flexibility index (Phi) is 4.11. The van der Waals surface area contributed by atoms with E-state index in [1.54, 1.807) is 24.7 Å². The van der Waals surface area contributed by atoms with Crippen LogP contribution in [-0.4, -0.2) is 29.9 Å². The van der Waals surface area contributed by atoms with E-state index in [0.29, 0.717) is 28.2 Å². The smallest absolute Gasteiger partial charge is 0.260 e. The Morgan fingerprint density at radius 2 is 1.59 bits per heavy atom. The first-order valence-electron chi connectivity index (χ1n) is 10.1. The number of fused-ring (bicyclic) bond motifs is 2. The summed E-state index contributed by atoms with van der Waals surface area (Å²) in [5.41, 5.74) is 5.32. The minimum atomic E-state index is -0.273. The van der Waals surface area contributed by atoms with E-state index in [0.717, 1.165) is 27.7 Å². The van der Waals surface area contributed by atoms with Gasteiger partial charge < -0.3 is 9.97 Å². The zero-order valence-electron chi connectivity index (χ0n) is 16.8. The minimum Gasteiger partial charge on any atom is -0.344 e. The molecule has 0 spiro atoms. The predicted molar refractivity (Wildman–Crippen MR) is 124 cm³/mol. The Hall–Kier alpha value is -4.65. The molecule has 0 aliphatic heterocycles. The van der Waals surface area contributed by atoms with Gasteiger partial charge in [0.05, 0.1) is 22.5 Å². The van der Waals surface area contributed by atoms with Gasteiger partial charge in [0.2, 0.25) is 0 Å². The second kappa shape index (κ2) is 7.24. The van der Waals surface area contributed by atoms with Crippen LogP contribution in [0.2, 0.25) is 0 Å². The first kappa shape index (κ1) is 18.1. The van der Waals surface area contributed by atoms with E-state index in [4.69, 9.17) is 9.97 Å². The molecule has 0 unspecified atom stereocenters. The second-order valence-electron chi connectivity index (χ2n) is 7.38. The summed E-state index contributed by atoms with van der Waals surface area (Å²) in [4.78, 5) is 36.9. The molecule has 0 saturated carbocycles. The molecule has 6 aromatic rings. The van der Waals surface area contributed by atoms with Crippen molar-refractivity contribution >= 4 is 22.1 Å². The van der Waals surface area contributed by atoms with Gasteiger partial charge in [0.25, 0.3) is 5.56 Å². The molecule has 7 heteroatoms. The molecular formula is C25H16N6O. The number of rotatable bonds is 3. The van der Waals surface area contributed by atoms with Gasteiger partial charge in [-0.2, -0.15) is 0 Å². The van der Waals surface area contributed by atoms with Crippen molar-refractivity contribution in [1.29, 1.82) is 0 Å². The summed E-state index contributed by atoms with van der Waals surface area (Å²) in [6, 6.07) is 21.5. The number of hydrogen-bond donors (Lipinski definition) is 2. The Balaban J connectivity index is 1.65. The highest BCUT2D eigenvalue weighted by molar-refractivity contribution is 5.90. The van der Waals surface area contributed by atoms with E-state index < -0.39 is 0 Å². The number of hydrogen-bond acceptors (Lipinski definition) is 5. The van der Waals surface area contributed by atoms with E-state index in [1.165, 1.54) is 0 Å². The highest BCUT2D eigenvalue weighted by atomic mass is 16.1. The Morgan fingerprint density at radius 1 is 0.719 bits per heavy atom. The molecule has 0 aliphatic carbocycles. The van der Waals surface area contributed by atoms with Crippen LogP contribution in [0.25, 0.3) is 56.0 Å². The fraction of sp³-hybridized carbons (Fsp3) is 0. The molecule has 0 fully saturated rings. The van der Waals surface area contributed by atoms with Gasteiger partial charge in [-0.05, 0) is 24.3 Å². The van der Waals surface area contributed by atoms with Crippen molar-refractivity contribution in [3.63, 3.8) is 0 Å². The van der Waals surface area contributed by atoms with Gasteiger partial charge in [-0.25, -0.2) is 15.0 Å². The Labute approximate surface area is 181 Å². The van der Waals surface area contributed by atoms with Crippen LogP contribution in [-0.2, 0) is 0 Å². The maximum absolute atomic E-state index is 12.7. The summed E-state index contributed by atoms with van der Waals surface area (Å²) in [6.45, 7) is 0. The third-order valence-corrected chi connectivity index (χ3v) is 5.36. The van der Waals surface area contributed by atoms with E-state index in [1.807, 2.05) is 54.6 Å². The van der Waals surface area contributed by atoms with Crippen LogP contribution < -0.4 is 5.56 Å². The van der Waals surface area contributed by atoms with Crippen molar-refractivity contribution in [3.05, 3.63) is 95.7 Å². The summed E-state index contributed by atoms with van der Waals surface area (Å²) >= 11 is 0. The zero-order chi connectivity index (χ0) is 21.5. The van der Waals surface area contributed by atoms with Gasteiger partial charge in [0, 0.05) is 35.1 Å². The SMILES string of the molecule is O=c1[nH]c2nc(-c3ccccc3)c(-c3ccc4ncccc4c3)nc2cc1-c1ncc[nH]1. The molecule has 4 heterocycles. The number of H-pyrrole nitrogens is 2. The van der Waals surface area contributed by atoms with Crippen LogP contribution in [0.5, 0.6) is 0 Å². The average molecular weight is 416 g/mol. The van der Waals surface area contributed by atoms with E-state index in [2.05, 4.69) is 26.0 Å². The summed E-state index contributed by atoms with van der Waals surface area (Å²) in [5.74, 6) is 0.486. The number of aromatic nitrogens is 6. The molecule has 2 N–H and O–H groups in total. The van der Waals surface area contributed by atoms with Crippen molar-refractivity contribution in [3.8, 4) is 33.9 Å². The zero-order valence-corrected chi connectivity index (χ0v) is 16.8. The molecule has 0 bridgehead atoms. The van der Waals surface area contributed by atoms with Gasteiger partial charge in [-0.15, -0.1) is 0 Å². The lowest BCUT2D eigenvalue weighted by atomic mass is 10.0. The molecule has 0 aliphatic rings. The third kappa shape index (κ3) is 3.04. The summed E-state index contributed by atoms with van der Waals surface area (Å²) < 4.78 is 0. The van der Waals surface area contributed by atoms with Crippen molar-refractivity contribution < 1.29 is 0 Å². The molecule has 152 valence electrons. The molecule has 2 aromatic carbocycles. The van der Waals surface area contributed by atoms with E-state index in [9.17, 15) is 4.79 Å². The number of pyridine rings is 2. The summed E-state index contributed by atoms with van der Waals surface area (Å²) in [5, 5.41) is 1.02. The maximum atomic E-state index is 12.7. The number of imidazole rings is 1. The van der Waals surface area contributed by atoms with Crippen molar-refractivity contribution in [2.75, 3.05) is 0 Å². The topological polar surface area (TPSA) is 100 Å². The normalized spacial score (nSPS) is 11.2. The second-order valence-corrected chi connectivity index (χ2v) is 7.38. The molecule has 0 radical (unpaired) electrons. The van der Waals surface area contributed by atoms with Gasteiger partial charge in [-0.1, -0.05) is 42.5 Å². The Morgan fingerprint density at radius 3 is 2.44 bits per heavy atom. The van der Waals surface area contributed by atoms with Gasteiger partial charge in [0.1, 0.15) is 11.3 Å². The minimum absolute atomic E-state index is 0.273. The molecule has 0 amide bonds. The highest BCUT2D eigenvalue weighted by Crippen LogP contribution is 2.32. The summed E-state index contributed by atoms with van der Waals surface area (Å²) in [7, 11) is 0.